The van der Waals surface area contributed by atoms with E-state index in [1.54, 1.807) is 0 Å². The Labute approximate surface area is 71.2 Å². The van der Waals surface area contributed by atoms with Crippen molar-refractivity contribution in [2.75, 3.05) is 0 Å². The summed E-state index contributed by atoms with van der Waals surface area (Å²) >= 11 is 1.95. The largest absolute Gasteiger partial charge is 0.135 e. The number of hydrogen-bond donors (Lipinski definition) is 0. The zero-order chi connectivity index (χ0) is 8.17. The normalized spacial score (nSPS) is 11.6. The molecular weight excluding hydrogens is 152 g/mol. The van der Waals surface area contributed by atoms with Crippen LogP contribution in [-0.4, -0.2) is 0 Å². The zero-order valence-corrected chi connectivity index (χ0v) is 8.22. The van der Waals surface area contributed by atoms with Gasteiger partial charge >= 0.3 is 0 Å². The third-order valence-corrected chi connectivity index (χ3v) is 4.32. The molecule has 0 amide bonds. The van der Waals surface area contributed by atoms with Gasteiger partial charge < -0.3 is 0 Å². The van der Waals surface area contributed by atoms with Crippen molar-refractivity contribution in [1.82, 2.24) is 0 Å². The van der Waals surface area contributed by atoms with Crippen LogP contribution in [0.25, 0.3) is 9.40 Å². The first-order valence-corrected chi connectivity index (χ1v) is 4.72. The molecule has 0 aliphatic carbocycles. The zero-order valence-electron chi connectivity index (χ0n) is 7.41. The quantitative estimate of drug-likeness (QED) is 0.558. The third-order valence-electron chi connectivity index (χ3n) is 2.69. The smallest absolute Gasteiger partial charge is 0.0341 e. The van der Waals surface area contributed by atoms with Gasteiger partial charge in [0.15, 0.2) is 0 Å². The van der Waals surface area contributed by atoms with Crippen LogP contribution in [-0.2, 0) is 0 Å². The van der Waals surface area contributed by atoms with Crippen LogP contribution in [0.1, 0.15) is 22.3 Å². The van der Waals surface area contributed by atoms with Crippen molar-refractivity contribution in [2.24, 2.45) is 0 Å². The lowest BCUT2D eigenvalue weighted by molar-refractivity contribution is 1.35. The van der Waals surface area contributed by atoms with Crippen molar-refractivity contribution in [3.8, 4) is 0 Å². The molecule has 2 bridgehead atoms. The second-order valence-corrected chi connectivity index (χ2v) is 4.28. The molecule has 2 heterocycles. The fourth-order valence-corrected chi connectivity index (χ4v) is 3.08. The summed E-state index contributed by atoms with van der Waals surface area (Å²) in [7, 11) is 0. The maximum atomic E-state index is 2.22. The van der Waals surface area contributed by atoms with E-state index in [0.29, 0.717) is 0 Å². The number of benzene rings is 1. The standard InChI is InChI=1S/C10H12S/c1-5-6(2)10-8(4)7(3)9(5)11-10/h1-4H3. The van der Waals surface area contributed by atoms with Gasteiger partial charge in [-0.3, -0.25) is 0 Å². The summed E-state index contributed by atoms with van der Waals surface area (Å²) in [6.45, 7) is 8.89. The van der Waals surface area contributed by atoms with Gasteiger partial charge in [0.25, 0.3) is 0 Å². The Balaban J connectivity index is 2.98. The summed E-state index contributed by atoms with van der Waals surface area (Å²) in [5.74, 6) is 0. The van der Waals surface area contributed by atoms with Gasteiger partial charge in [-0.15, -0.1) is 11.3 Å². The minimum Gasteiger partial charge on any atom is -0.135 e. The van der Waals surface area contributed by atoms with Crippen LogP contribution >= 0.6 is 11.3 Å². The van der Waals surface area contributed by atoms with Crippen LogP contribution in [0.2, 0.25) is 0 Å². The number of fused-ring (bicyclic) bond motifs is 2. The van der Waals surface area contributed by atoms with Crippen LogP contribution in [0.3, 0.4) is 0 Å². The van der Waals surface area contributed by atoms with Crippen LogP contribution in [0.4, 0.5) is 0 Å². The highest BCUT2D eigenvalue weighted by Crippen LogP contribution is 2.39. The lowest BCUT2D eigenvalue weighted by Crippen LogP contribution is -1.83. The Morgan fingerprint density at radius 2 is 0.909 bits per heavy atom. The highest BCUT2D eigenvalue weighted by atomic mass is 32.1. The van der Waals surface area contributed by atoms with Crippen LogP contribution in [0.15, 0.2) is 0 Å². The van der Waals surface area contributed by atoms with Crippen LogP contribution in [0, 0.1) is 27.7 Å². The Morgan fingerprint density at radius 3 is 1.09 bits per heavy atom. The Bertz CT molecular complexity index is 326. The van der Waals surface area contributed by atoms with E-state index in [1.165, 1.54) is 31.7 Å². The van der Waals surface area contributed by atoms with Crippen molar-refractivity contribution in [2.45, 2.75) is 27.7 Å². The van der Waals surface area contributed by atoms with E-state index in [0.717, 1.165) is 0 Å². The fraction of sp³-hybridized carbons (Fsp3) is 0.400. The van der Waals surface area contributed by atoms with Crippen molar-refractivity contribution in [1.29, 1.82) is 0 Å². The molecule has 11 heavy (non-hydrogen) atoms. The SMILES string of the molecule is Cc1c(C)c2sc1c(C)c2C. The second-order valence-electron chi connectivity index (χ2n) is 3.26. The minimum atomic E-state index is 1.49. The molecule has 1 heteroatoms. The van der Waals surface area contributed by atoms with Crippen molar-refractivity contribution in [3.05, 3.63) is 22.3 Å². The van der Waals surface area contributed by atoms with Gasteiger partial charge in [-0.05, 0) is 49.9 Å². The molecule has 0 atom stereocenters. The van der Waals surface area contributed by atoms with Gasteiger partial charge in [-0.25, -0.2) is 0 Å². The summed E-state index contributed by atoms with van der Waals surface area (Å²) in [5, 5.41) is 0. The highest BCUT2D eigenvalue weighted by molar-refractivity contribution is 7.25. The predicted molar refractivity (Wildman–Crippen MR) is 52.0 cm³/mol. The Hall–Kier alpha value is -0.560. The van der Waals surface area contributed by atoms with Gasteiger partial charge in [0.2, 0.25) is 0 Å². The molecule has 0 fully saturated rings. The summed E-state index contributed by atoms with van der Waals surface area (Å²) < 4.78 is 3.02. The van der Waals surface area contributed by atoms with Crippen LogP contribution < -0.4 is 0 Å². The van der Waals surface area contributed by atoms with Crippen molar-refractivity contribution >= 4 is 20.7 Å². The Kier molecular flexibility index (Phi) is 1.28. The minimum absolute atomic E-state index is 1.49. The molecule has 0 saturated heterocycles. The first kappa shape index (κ1) is 7.11. The summed E-state index contributed by atoms with van der Waals surface area (Å²) in [6.07, 6.45) is 0. The molecule has 0 N–H and O–H groups in total. The van der Waals surface area contributed by atoms with E-state index in [-0.39, 0.29) is 0 Å². The third kappa shape index (κ3) is 0.694. The number of hydrogen-bond acceptors (Lipinski definition) is 1. The maximum Gasteiger partial charge on any atom is 0.0341 e. The van der Waals surface area contributed by atoms with Crippen LogP contribution in [0.5, 0.6) is 0 Å². The lowest BCUT2D eigenvalue weighted by atomic mass is 10.0. The van der Waals surface area contributed by atoms with E-state index in [2.05, 4.69) is 27.7 Å². The number of thiophene rings is 2. The second kappa shape index (κ2) is 1.98. The molecule has 58 valence electrons. The number of aryl methyl sites for hydroxylation is 4. The average Bonchev–Trinajstić information content (AvgIpc) is 2.40. The molecule has 0 aromatic carbocycles. The van der Waals surface area contributed by atoms with Crippen molar-refractivity contribution in [3.63, 3.8) is 0 Å². The molecule has 2 aromatic rings. The summed E-state index contributed by atoms with van der Waals surface area (Å²) in [4.78, 5) is 0. The van der Waals surface area contributed by atoms with E-state index in [9.17, 15) is 0 Å². The highest BCUT2D eigenvalue weighted by Gasteiger charge is 2.14. The molecule has 2 rings (SSSR count). The van der Waals surface area contributed by atoms with E-state index >= 15 is 0 Å². The van der Waals surface area contributed by atoms with Gasteiger partial charge in [-0.1, -0.05) is 0 Å². The molecular formula is C10H12S. The summed E-state index contributed by atoms with van der Waals surface area (Å²) in [6, 6.07) is 0. The molecule has 0 aliphatic heterocycles. The van der Waals surface area contributed by atoms with Crippen molar-refractivity contribution < 1.29 is 0 Å². The fourth-order valence-electron chi connectivity index (χ4n) is 1.65. The van der Waals surface area contributed by atoms with E-state index in [4.69, 9.17) is 0 Å². The van der Waals surface area contributed by atoms with E-state index < -0.39 is 0 Å². The van der Waals surface area contributed by atoms with Gasteiger partial charge in [0, 0.05) is 9.40 Å². The maximum absolute atomic E-state index is 2.22. The Morgan fingerprint density at radius 1 is 0.636 bits per heavy atom. The molecule has 0 saturated carbocycles. The molecule has 0 nitrogen and oxygen atoms in total. The van der Waals surface area contributed by atoms with Gasteiger partial charge in [0.05, 0.1) is 0 Å². The first-order chi connectivity index (χ1) is 5.13. The molecule has 0 radical (unpaired) electrons. The monoisotopic (exact) mass is 164 g/mol. The molecule has 0 unspecified atom stereocenters. The molecule has 2 aromatic heterocycles. The van der Waals surface area contributed by atoms with E-state index in [1.807, 2.05) is 11.3 Å². The molecule has 0 spiro atoms. The number of rotatable bonds is 0. The van der Waals surface area contributed by atoms with Gasteiger partial charge in [0.1, 0.15) is 0 Å². The van der Waals surface area contributed by atoms with Gasteiger partial charge in [-0.2, -0.15) is 0 Å². The topological polar surface area (TPSA) is 0 Å². The molecule has 0 aliphatic rings. The summed E-state index contributed by atoms with van der Waals surface area (Å²) in [5.41, 5.74) is 5.97. The lowest BCUT2D eigenvalue weighted by Gasteiger charge is -2.01. The average molecular weight is 164 g/mol. The first-order valence-electron chi connectivity index (χ1n) is 3.91. The predicted octanol–water partition coefficient (Wildman–Crippen LogP) is 3.57.